The Kier molecular flexibility index (Phi) is 4.10. The first kappa shape index (κ1) is 14.9. The number of hydrogen-bond acceptors (Lipinski definition) is 4. The maximum atomic E-state index is 12.4. The summed E-state index contributed by atoms with van der Waals surface area (Å²) < 4.78 is 0.201. The van der Waals surface area contributed by atoms with Crippen LogP contribution in [0.3, 0.4) is 0 Å². The molecule has 108 valence electrons. The van der Waals surface area contributed by atoms with Crippen LogP contribution >= 0.6 is 15.9 Å². The van der Waals surface area contributed by atoms with Crippen LogP contribution in [0.2, 0.25) is 0 Å². The molecule has 0 aliphatic carbocycles. The highest BCUT2D eigenvalue weighted by Crippen LogP contribution is 2.30. The van der Waals surface area contributed by atoms with Crippen LogP contribution in [0.25, 0.3) is 0 Å². The van der Waals surface area contributed by atoms with Gasteiger partial charge in [0.05, 0.1) is 16.1 Å². The molecule has 1 aliphatic heterocycles. The zero-order chi connectivity index (χ0) is 14.9. The molecule has 2 rings (SSSR count). The fourth-order valence-electron chi connectivity index (χ4n) is 2.19. The highest BCUT2D eigenvalue weighted by molar-refractivity contribution is 9.10. The monoisotopic (exact) mass is 342 g/mol. The van der Waals surface area contributed by atoms with Crippen molar-refractivity contribution in [1.29, 1.82) is 0 Å². The molecule has 1 aliphatic rings. The predicted molar refractivity (Wildman–Crippen MR) is 76.6 cm³/mol. The predicted octanol–water partition coefficient (Wildman–Crippen LogP) is 2.34. The molecular weight excluding hydrogens is 328 g/mol. The number of hydrogen-bond donors (Lipinski definition) is 1. The number of piperidine rings is 1. The van der Waals surface area contributed by atoms with Gasteiger partial charge in [0.25, 0.3) is 11.6 Å². The molecule has 1 fully saturated rings. The van der Waals surface area contributed by atoms with E-state index in [0.717, 1.165) is 0 Å². The third-order valence-corrected chi connectivity index (χ3v) is 4.37. The number of nitro benzene ring substituents is 1. The molecular formula is C13H15BrN2O4. The molecule has 1 heterocycles. The van der Waals surface area contributed by atoms with Gasteiger partial charge in [-0.15, -0.1) is 0 Å². The van der Waals surface area contributed by atoms with Crippen LogP contribution in [-0.2, 0) is 0 Å². The molecule has 0 radical (unpaired) electrons. The van der Waals surface area contributed by atoms with Gasteiger partial charge in [-0.2, -0.15) is 0 Å². The number of benzene rings is 1. The number of amides is 1. The molecule has 0 bridgehead atoms. The zero-order valence-corrected chi connectivity index (χ0v) is 12.6. The minimum Gasteiger partial charge on any atom is -0.390 e. The molecule has 1 saturated heterocycles. The molecule has 1 aromatic carbocycles. The van der Waals surface area contributed by atoms with Crippen LogP contribution in [0.1, 0.15) is 30.1 Å². The summed E-state index contributed by atoms with van der Waals surface area (Å²) in [7, 11) is 0. The summed E-state index contributed by atoms with van der Waals surface area (Å²) in [6.45, 7) is 2.64. The summed E-state index contributed by atoms with van der Waals surface area (Å²) in [5, 5.41) is 20.8. The van der Waals surface area contributed by atoms with Crippen molar-refractivity contribution in [2.24, 2.45) is 0 Å². The fourth-order valence-corrected chi connectivity index (χ4v) is 2.77. The van der Waals surface area contributed by atoms with Crippen molar-refractivity contribution < 1.29 is 14.8 Å². The van der Waals surface area contributed by atoms with E-state index >= 15 is 0 Å². The van der Waals surface area contributed by atoms with E-state index in [9.17, 15) is 20.0 Å². The van der Waals surface area contributed by atoms with Crippen LogP contribution in [-0.4, -0.2) is 39.5 Å². The second-order valence-corrected chi connectivity index (χ2v) is 5.98. The van der Waals surface area contributed by atoms with Gasteiger partial charge in [-0.05, 0) is 41.8 Å². The number of nitrogens with zero attached hydrogens (tertiary/aromatic N) is 2. The molecule has 0 saturated carbocycles. The van der Waals surface area contributed by atoms with Gasteiger partial charge in [0, 0.05) is 19.2 Å². The first-order valence-electron chi connectivity index (χ1n) is 6.26. The Balaban J connectivity index is 2.22. The molecule has 1 N–H and O–H groups in total. The van der Waals surface area contributed by atoms with Gasteiger partial charge in [0.15, 0.2) is 0 Å². The molecule has 0 atom stereocenters. The first-order chi connectivity index (χ1) is 9.32. The van der Waals surface area contributed by atoms with Gasteiger partial charge in [0.1, 0.15) is 4.47 Å². The van der Waals surface area contributed by atoms with E-state index in [2.05, 4.69) is 15.9 Å². The Hall–Kier alpha value is -1.47. The number of nitro groups is 1. The smallest absolute Gasteiger partial charge is 0.284 e. The van der Waals surface area contributed by atoms with Crippen molar-refractivity contribution in [3.63, 3.8) is 0 Å². The zero-order valence-electron chi connectivity index (χ0n) is 11.0. The largest absolute Gasteiger partial charge is 0.390 e. The second-order valence-electron chi connectivity index (χ2n) is 5.18. The van der Waals surface area contributed by atoms with Crippen molar-refractivity contribution in [2.75, 3.05) is 13.1 Å². The maximum absolute atomic E-state index is 12.4. The average molecular weight is 343 g/mol. The summed E-state index contributed by atoms with van der Waals surface area (Å²) in [6, 6.07) is 4.41. The Morgan fingerprint density at radius 2 is 2.05 bits per heavy atom. The Labute approximate surface area is 124 Å². The topological polar surface area (TPSA) is 83.7 Å². The van der Waals surface area contributed by atoms with Gasteiger partial charge < -0.3 is 10.0 Å². The molecule has 0 spiro atoms. The Morgan fingerprint density at radius 3 is 2.60 bits per heavy atom. The molecule has 6 nitrogen and oxygen atoms in total. The number of aliphatic hydroxyl groups is 1. The normalized spacial score (nSPS) is 17.9. The van der Waals surface area contributed by atoms with Crippen molar-refractivity contribution in [3.05, 3.63) is 38.3 Å². The lowest BCUT2D eigenvalue weighted by molar-refractivity contribution is -0.385. The van der Waals surface area contributed by atoms with Gasteiger partial charge in [-0.1, -0.05) is 6.07 Å². The van der Waals surface area contributed by atoms with Crippen molar-refractivity contribution in [3.8, 4) is 0 Å². The van der Waals surface area contributed by atoms with Crippen LogP contribution < -0.4 is 0 Å². The highest BCUT2D eigenvalue weighted by atomic mass is 79.9. The summed E-state index contributed by atoms with van der Waals surface area (Å²) in [5.41, 5.74) is -0.586. The molecule has 0 unspecified atom stereocenters. The minimum atomic E-state index is -0.739. The number of carbonyl (C=O) groups excluding carboxylic acids is 1. The summed E-state index contributed by atoms with van der Waals surface area (Å²) in [6.07, 6.45) is 1.01. The maximum Gasteiger partial charge on any atom is 0.284 e. The van der Waals surface area contributed by atoms with Gasteiger partial charge in [-0.25, -0.2) is 0 Å². The number of carbonyl (C=O) groups is 1. The van der Waals surface area contributed by atoms with Crippen molar-refractivity contribution >= 4 is 27.5 Å². The van der Waals surface area contributed by atoms with E-state index in [0.29, 0.717) is 25.9 Å². The summed E-state index contributed by atoms with van der Waals surface area (Å²) in [5.74, 6) is -0.254. The van der Waals surface area contributed by atoms with Gasteiger partial charge >= 0.3 is 0 Å². The number of halogens is 1. The SMILES string of the molecule is CC1(O)CCN(C(=O)c2cccc([N+](=O)[O-])c2Br)CC1. The van der Waals surface area contributed by atoms with Crippen LogP contribution in [0, 0.1) is 10.1 Å². The van der Waals surface area contributed by atoms with E-state index in [1.54, 1.807) is 17.9 Å². The van der Waals surface area contributed by atoms with Crippen LogP contribution in [0.4, 0.5) is 5.69 Å². The molecule has 7 heteroatoms. The lowest BCUT2D eigenvalue weighted by Gasteiger charge is -2.35. The van der Waals surface area contributed by atoms with Crippen LogP contribution in [0.15, 0.2) is 22.7 Å². The summed E-state index contributed by atoms with van der Waals surface area (Å²) in [4.78, 5) is 24.4. The first-order valence-corrected chi connectivity index (χ1v) is 7.06. The Morgan fingerprint density at radius 1 is 1.45 bits per heavy atom. The Bertz CT molecular complexity index is 549. The average Bonchev–Trinajstić information content (AvgIpc) is 2.38. The van der Waals surface area contributed by atoms with E-state index in [-0.39, 0.29) is 21.6 Å². The summed E-state index contributed by atoms with van der Waals surface area (Å²) >= 11 is 3.13. The van der Waals surface area contributed by atoms with E-state index in [1.807, 2.05) is 0 Å². The third-order valence-electron chi connectivity index (χ3n) is 3.53. The van der Waals surface area contributed by atoms with Gasteiger partial charge in [0.2, 0.25) is 0 Å². The second kappa shape index (κ2) is 5.49. The van der Waals surface area contributed by atoms with E-state index in [4.69, 9.17) is 0 Å². The van der Waals surface area contributed by atoms with Crippen LogP contribution in [0.5, 0.6) is 0 Å². The van der Waals surface area contributed by atoms with Gasteiger partial charge in [-0.3, -0.25) is 14.9 Å². The molecule has 1 amide bonds. The third kappa shape index (κ3) is 2.99. The molecule has 1 aromatic rings. The number of likely N-dealkylation sites (tertiary alicyclic amines) is 1. The standard InChI is InChI=1S/C13H15BrN2O4/c1-13(18)5-7-15(8-6-13)12(17)9-3-2-4-10(11(9)14)16(19)20/h2-4,18H,5-8H2,1H3. The number of rotatable bonds is 2. The van der Waals surface area contributed by atoms with E-state index in [1.165, 1.54) is 12.1 Å². The van der Waals surface area contributed by atoms with Crippen molar-refractivity contribution in [2.45, 2.75) is 25.4 Å². The lowest BCUT2D eigenvalue weighted by atomic mass is 9.93. The highest BCUT2D eigenvalue weighted by Gasteiger charge is 2.31. The fraction of sp³-hybridized carbons (Fsp3) is 0.462. The quantitative estimate of drug-likeness (QED) is 0.660. The minimum absolute atomic E-state index is 0.125. The van der Waals surface area contributed by atoms with Crippen molar-refractivity contribution in [1.82, 2.24) is 4.90 Å². The lowest BCUT2D eigenvalue weighted by Crippen LogP contribution is -2.45. The molecule has 20 heavy (non-hydrogen) atoms. The van der Waals surface area contributed by atoms with E-state index < -0.39 is 10.5 Å². The molecule has 0 aromatic heterocycles.